The summed E-state index contributed by atoms with van der Waals surface area (Å²) in [6.45, 7) is 4.50. The first kappa shape index (κ1) is 11.8. The van der Waals surface area contributed by atoms with Crippen LogP contribution in [0.4, 0.5) is 0 Å². The molecule has 0 bridgehead atoms. The van der Waals surface area contributed by atoms with Crippen molar-refractivity contribution in [3.63, 3.8) is 0 Å². The molecular formula is C13H22S. The van der Waals surface area contributed by atoms with Gasteiger partial charge in [-0.05, 0) is 41.7 Å². The molecule has 0 aliphatic carbocycles. The van der Waals surface area contributed by atoms with Gasteiger partial charge in [-0.15, -0.1) is 0 Å². The van der Waals surface area contributed by atoms with E-state index in [1.165, 1.54) is 50.5 Å². The van der Waals surface area contributed by atoms with Crippen molar-refractivity contribution < 1.29 is 0 Å². The van der Waals surface area contributed by atoms with Crippen LogP contribution in [0.3, 0.4) is 0 Å². The third-order valence-electron chi connectivity index (χ3n) is 2.76. The molecule has 0 atom stereocenters. The highest BCUT2D eigenvalue weighted by Gasteiger charge is 1.98. The van der Waals surface area contributed by atoms with Crippen LogP contribution in [0.2, 0.25) is 0 Å². The van der Waals surface area contributed by atoms with Crippen molar-refractivity contribution in [2.45, 2.75) is 58.8 Å². The van der Waals surface area contributed by atoms with E-state index in [1.54, 1.807) is 5.56 Å². The van der Waals surface area contributed by atoms with Crippen molar-refractivity contribution in [3.05, 3.63) is 21.9 Å². The highest BCUT2D eigenvalue weighted by atomic mass is 32.1. The second-order valence-corrected chi connectivity index (χ2v) is 4.84. The smallest absolute Gasteiger partial charge is 0.00585 e. The molecule has 0 N–H and O–H groups in total. The first-order valence-electron chi connectivity index (χ1n) is 5.86. The standard InChI is InChI=1S/C13H22S/c1-3-4-5-6-7-8-9-13-11-14-10-12(13)2/h10-11H,3-9H2,1-2H3. The maximum atomic E-state index is 2.31. The summed E-state index contributed by atoms with van der Waals surface area (Å²) in [5.74, 6) is 0. The lowest BCUT2D eigenvalue weighted by Gasteiger charge is -2.00. The van der Waals surface area contributed by atoms with Gasteiger partial charge in [0.15, 0.2) is 0 Å². The Bertz CT molecular complexity index is 237. The second kappa shape index (κ2) is 7.05. The molecular weight excluding hydrogens is 188 g/mol. The molecule has 1 heteroatoms. The molecule has 0 nitrogen and oxygen atoms in total. The zero-order valence-corrected chi connectivity index (χ0v) is 10.3. The van der Waals surface area contributed by atoms with E-state index in [9.17, 15) is 0 Å². The van der Waals surface area contributed by atoms with Gasteiger partial charge in [-0.25, -0.2) is 0 Å². The Kier molecular flexibility index (Phi) is 5.93. The summed E-state index contributed by atoms with van der Waals surface area (Å²) in [7, 11) is 0. The van der Waals surface area contributed by atoms with Gasteiger partial charge in [-0.2, -0.15) is 11.3 Å². The van der Waals surface area contributed by atoms with Crippen LogP contribution >= 0.6 is 11.3 Å². The lowest BCUT2D eigenvalue weighted by atomic mass is 10.1. The minimum absolute atomic E-state index is 1.29. The van der Waals surface area contributed by atoms with Crippen LogP contribution < -0.4 is 0 Å². The number of aryl methyl sites for hydroxylation is 2. The summed E-state index contributed by atoms with van der Waals surface area (Å²) >= 11 is 1.84. The number of rotatable bonds is 7. The molecule has 0 aliphatic rings. The third kappa shape index (κ3) is 4.28. The van der Waals surface area contributed by atoms with Crippen molar-refractivity contribution in [1.29, 1.82) is 0 Å². The van der Waals surface area contributed by atoms with Crippen molar-refractivity contribution in [2.24, 2.45) is 0 Å². The first-order chi connectivity index (χ1) is 6.84. The van der Waals surface area contributed by atoms with Crippen LogP contribution in [0.5, 0.6) is 0 Å². The highest BCUT2D eigenvalue weighted by Crippen LogP contribution is 2.17. The van der Waals surface area contributed by atoms with Crippen molar-refractivity contribution >= 4 is 11.3 Å². The number of unbranched alkanes of at least 4 members (excludes halogenated alkanes) is 5. The van der Waals surface area contributed by atoms with Gasteiger partial charge >= 0.3 is 0 Å². The molecule has 0 saturated carbocycles. The Hall–Kier alpha value is -0.300. The molecule has 0 spiro atoms. The van der Waals surface area contributed by atoms with Gasteiger partial charge in [0.1, 0.15) is 0 Å². The minimum atomic E-state index is 1.29. The molecule has 0 radical (unpaired) electrons. The highest BCUT2D eigenvalue weighted by molar-refractivity contribution is 7.08. The number of hydrogen-bond donors (Lipinski definition) is 0. The van der Waals surface area contributed by atoms with E-state index in [-0.39, 0.29) is 0 Å². The van der Waals surface area contributed by atoms with Gasteiger partial charge in [0.25, 0.3) is 0 Å². The van der Waals surface area contributed by atoms with E-state index in [4.69, 9.17) is 0 Å². The van der Waals surface area contributed by atoms with Crippen molar-refractivity contribution in [2.75, 3.05) is 0 Å². The van der Waals surface area contributed by atoms with Crippen LogP contribution in [0.25, 0.3) is 0 Å². The van der Waals surface area contributed by atoms with Gasteiger partial charge in [-0.3, -0.25) is 0 Å². The Morgan fingerprint density at radius 3 is 2.36 bits per heavy atom. The molecule has 1 aromatic heterocycles. The van der Waals surface area contributed by atoms with Gasteiger partial charge in [0.05, 0.1) is 0 Å². The lowest BCUT2D eigenvalue weighted by molar-refractivity contribution is 0.607. The van der Waals surface area contributed by atoms with Gasteiger partial charge in [-0.1, -0.05) is 39.0 Å². The summed E-state index contributed by atoms with van der Waals surface area (Å²) in [6.07, 6.45) is 9.70. The fraction of sp³-hybridized carbons (Fsp3) is 0.692. The van der Waals surface area contributed by atoms with Gasteiger partial charge in [0.2, 0.25) is 0 Å². The molecule has 0 unspecified atom stereocenters. The summed E-state index contributed by atoms with van der Waals surface area (Å²) in [5, 5.41) is 4.56. The van der Waals surface area contributed by atoms with E-state index in [0.29, 0.717) is 0 Å². The van der Waals surface area contributed by atoms with Crippen LogP contribution in [0, 0.1) is 6.92 Å². The SMILES string of the molecule is CCCCCCCCc1cscc1C. The molecule has 0 fully saturated rings. The molecule has 0 aliphatic heterocycles. The molecule has 1 rings (SSSR count). The van der Waals surface area contributed by atoms with Crippen LogP contribution in [-0.4, -0.2) is 0 Å². The van der Waals surface area contributed by atoms with Gasteiger partial charge in [0, 0.05) is 0 Å². The molecule has 14 heavy (non-hydrogen) atoms. The zero-order chi connectivity index (χ0) is 10.2. The lowest BCUT2D eigenvalue weighted by Crippen LogP contribution is -1.86. The molecule has 1 aromatic rings. The van der Waals surface area contributed by atoms with Gasteiger partial charge < -0.3 is 0 Å². The maximum Gasteiger partial charge on any atom is -0.00585 e. The maximum absolute atomic E-state index is 2.31. The molecule has 0 aromatic carbocycles. The van der Waals surface area contributed by atoms with Crippen molar-refractivity contribution in [1.82, 2.24) is 0 Å². The van der Waals surface area contributed by atoms with E-state index in [0.717, 1.165) is 0 Å². The molecule has 0 saturated heterocycles. The predicted octanol–water partition coefficient (Wildman–Crippen LogP) is 4.96. The number of thiophene rings is 1. The predicted molar refractivity (Wildman–Crippen MR) is 66.1 cm³/mol. The molecule has 80 valence electrons. The monoisotopic (exact) mass is 210 g/mol. The number of hydrogen-bond acceptors (Lipinski definition) is 1. The Labute approximate surface area is 92.4 Å². The summed E-state index contributed by atoms with van der Waals surface area (Å²) in [5.41, 5.74) is 3.06. The Morgan fingerprint density at radius 1 is 1.00 bits per heavy atom. The quantitative estimate of drug-likeness (QED) is 0.558. The molecule has 0 amide bonds. The third-order valence-corrected chi connectivity index (χ3v) is 3.67. The molecule has 1 heterocycles. The van der Waals surface area contributed by atoms with Crippen LogP contribution in [0.15, 0.2) is 10.8 Å². The normalized spacial score (nSPS) is 10.7. The fourth-order valence-corrected chi connectivity index (χ4v) is 2.63. The largest absolute Gasteiger partial charge is 0.152 e. The Morgan fingerprint density at radius 2 is 1.71 bits per heavy atom. The zero-order valence-electron chi connectivity index (χ0n) is 9.51. The summed E-state index contributed by atoms with van der Waals surface area (Å²) < 4.78 is 0. The minimum Gasteiger partial charge on any atom is -0.152 e. The summed E-state index contributed by atoms with van der Waals surface area (Å²) in [4.78, 5) is 0. The van der Waals surface area contributed by atoms with Crippen LogP contribution in [-0.2, 0) is 6.42 Å². The van der Waals surface area contributed by atoms with Crippen LogP contribution in [0.1, 0.15) is 56.6 Å². The van der Waals surface area contributed by atoms with E-state index in [2.05, 4.69) is 24.6 Å². The Balaban J connectivity index is 2.02. The first-order valence-corrected chi connectivity index (χ1v) is 6.80. The topological polar surface area (TPSA) is 0 Å². The average molecular weight is 210 g/mol. The van der Waals surface area contributed by atoms with E-state index in [1.807, 2.05) is 11.3 Å². The summed E-state index contributed by atoms with van der Waals surface area (Å²) in [6, 6.07) is 0. The van der Waals surface area contributed by atoms with Crippen molar-refractivity contribution in [3.8, 4) is 0 Å². The van der Waals surface area contributed by atoms with E-state index < -0.39 is 0 Å². The fourth-order valence-electron chi connectivity index (χ4n) is 1.74. The van der Waals surface area contributed by atoms with E-state index >= 15 is 0 Å². The average Bonchev–Trinajstić information content (AvgIpc) is 2.58. The second-order valence-electron chi connectivity index (χ2n) is 4.10.